The number of carbonyl (C=O) groups is 1. The van der Waals surface area contributed by atoms with Crippen molar-refractivity contribution in [2.24, 2.45) is 5.10 Å². The molecule has 0 aliphatic rings. The number of nitrogens with zero attached hydrogens (tertiary/aromatic N) is 1. The third-order valence-corrected chi connectivity index (χ3v) is 3.98. The topological polar surface area (TPSA) is 53.5 Å². The molecular weight excluding hydrogens is 282 g/mol. The maximum absolute atomic E-state index is 11.8. The number of aryl methyl sites for hydroxylation is 3. The van der Waals surface area contributed by atoms with Crippen molar-refractivity contribution in [3.63, 3.8) is 0 Å². The first-order valence-electron chi connectivity index (χ1n) is 6.74. The summed E-state index contributed by atoms with van der Waals surface area (Å²) >= 11 is 1.64. The van der Waals surface area contributed by atoms with E-state index in [9.17, 15) is 4.79 Å². The molecular formula is C16H19N3OS. The van der Waals surface area contributed by atoms with Crippen LogP contribution in [0.2, 0.25) is 0 Å². The summed E-state index contributed by atoms with van der Waals surface area (Å²) in [5, 5.41) is 7.11. The van der Waals surface area contributed by atoms with E-state index in [1.807, 2.05) is 51.1 Å². The highest BCUT2D eigenvalue weighted by Gasteiger charge is 2.04. The van der Waals surface area contributed by atoms with Gasteiger partial charge in [0.15, 0.2) is 0 Å². The van der Waals surface area contributed by atoms with Crippen LogP contribution in [0.5, 0.6) is 0 Å². The molecule has 0 aliphatic heterocycles. The van der Waals surface area contributed by atoms with E-state index in [1.165, 1.54) is 4.88 Å². The maximum Gasteiger partial charge on any atom is 0.259 e. The average molecular weight is 301 g/mol. The SMILES string of the molecule is Cc1ccc(/C=N/NC(=O)CNc2c(C)cccc2C)s1. The van der Waals surface area contributed by atoms with Crippen molar-refractivity contribution >= 4 is 29.1 Å². The quantitative estimate of drug-likeness (QED) is 0.658. The second kappa shape index (κ2) is 7.04. The van der Waals surface area contributed by atoms with Gasteiger partial charge in [-0.1, -0.05) is 18.2 Å². The van der Waals surface area contributed by atoms with Crippen LogP contribution in [0.1, 0.15) is 20.9 Å². The van der Waals surface area contributed by atoms with Gasteiger partial charge in [-0.05, 0) is 44.0 Å². The number of nitrogens with one attached hydrogen (secondary N) is 2. The molecule has 0 unspecified atom stereocenters. The molecule has 0 radical (unpaired) electrons. The Bertz CT molecular complexity index is 641. The largest absolute Gasteiger partial charge is 0.376 e. The van der Waals surface area contributed by atoms with Crippen molar-refractivity contribution in [1.82, 2.24) is 5.43 Å². The van der Waals surface area contributed by atoms with E-state index in [4.69, 9.17) is 0 Å². The highest BCUT2D eigenvalue weighted by Crippen LogP contribution is 2.18. The van der Waals surface area contributed by atoms with Gasteiger partial charge in [-0.3, -0.25) is 4.79 Å². The first-order chi connectivity index (χ1) is 10.1. The first-order valence-corrected chi connectivity index (χ1v) is 7.56. The molecule has 1 aromatic heterocycles. The normalized spacial score (nSPS) is 10.8. The Morgan fingerprint density at radius 1 is 1.19 bits per heavy atom. The zero-order chi connectivity index (χ0) is 15.2. The Balaban J connectivity index is 1.84. The lowest BCUT2D eigenvalue weighted by molar-refractivity contribution is -0.119. The second-order valence-corrected chi connectivity index (χ2v) is 6.18. The van der Waals surface area contributed by atoms with E-state index >= 15 is 0 Å². The van der Waals surface area contributed by atoms with E-state index in [2.05, 4.69) is 15.8 Å². The number of hydrogen-bond donors (Lipinski definition) is 2. The van der Waals surface area contributed by atoms with E-state index in [1.54, 1.807) is 17.6 Å². The molecule has 1 heterocycles. The number of para-hydroxylation sites is 1. The zero-order valence-electron chi connectivity index (χ0n) is 12.4. The monoisotopic (exact) mass is 301 g/mol. The third kappa shape index (κ3) is 4.43. The lowest BCUT2D eigenvalue weighted by atomic mass is 10.1. The van der Waals surface area contributed by atoms with E-state index in [0.717, 1.165) is 21.7 Å². The Labute approximate surface area is 128 Å². The van der Waals surface area contributed by atoms with Crippen LogP contribution in [-0.4, -0.2) is 18.7 Å². The van der Waals surface area contributed by atoms with Gasteiger partial charge in [0.05, 0.1) is 12.8 Å². The number of anilines is 1. The Hall–Kier alpha value is -2.14. The summed E-state index contributed by atoms with van der Waals surface area (Å²) in [4.78, 5) is 14.0. The number of thiophene rings is 1. The van der Waals surface area contributed by atoms with Gasteiger partial charge in [0, 0.05) is 15.4 Å². The maximum atomic E-state index is 11.8. The minimum atomic E-state index is -0.165. The summed E-state index contributed by atoms with van der Waals surface area (Å²) in [6.07, 6.45) is 1.66. The fraction of sp³-hybridized carbons (Fsp3) is 0.250. The first kappa shape index (κ1) is 15.3. The number of carbonyl (C=O) groups excluding carboxylic acids is 1. The summed E-state index contributed by atoms with van der Waals surface area (Å²) in [6, 6.07) is 10.0. The fourth-order valence-electron chi connectivity index (χ4n) is 1.99. The van der Waals surface area contributed by atoms with Crippen molar-refractivity contribution in [1.29, 1.82) is 0 Å². The Morgan fingerprint density at radius 3 is 2.52 bits per heavy atom. The van der Waals surface area contributed by atoms with Crippen LogP contribution in [-0.2, 0) is 4.79 Å². The lowest BCUT2D eigenvalue weighted by Gasteiger charge is -2.11. The van der Waals surface area contributed by atoms with Gasteiger partial charge in [-0.2, -0.15) is 5.10 Å². The number of rotatable bonds is 5. The van der Waals surface area contributed by atoms with Gasteiger partial charge in [0.2, 0.25) is 0 Å². The summed E-state index contributed by atoms with van der Waals surface area (Å²) < 4.78 is 0. The minimum Gasteiger partial charge on any atom is -0.376 e. The number of hydrogen-bond acceptors (Lipinski definition) is 4. The zero-order valence-corrected chi connectivity index (χ0v) is 13.3. The predicted molar refractivity (Wildman–Crippen MR) is 89.2 cm³/mol. The van der Waals surface area contributed by atoms with Gasteiger partial charge in [-0.25, -0.2) is 5.43 Å². The van der Waals surface area contributed by atoms with E-state index < -0.39 is 0 Å². The lowest BCUT2D eigenvalue weighted by Crippen LogP contribution is -2.26. The van der Waals surface area contributed by atoms with Crippen molar-refractivity contribution in [2.45, 2.75) is 20.8 Å². The Morgan fingerprint density at radius 2 is 1.90 bits per heavy atom. The van der Waals surface area contributed by atoms with Crippen LogP contribution in [0.4, 0.5) is 5.69 Å². The molecule has 0 saturated carbocycles. The highest BCUT2D eigenvalue weighted by atomic mass is 32.1. The van der Waals surface area contributed by atoms with Crippen molar-refractivity contribution < 1.29 is 4.79 Å². The third-order valence-electron chi connectivity index (χ3n) is 3.05. The van der Waals surface area contributed by atoms with Crippen LogP contribution in [0.25, 0.3) is 0 Å². The molecule has 0 atom stereocenters. The Kier molecular flexibility index (Phi) is 5.11. The molecule has 1 aromatic carbocycles. The molecule has 0 spiro atoms. The van der Waals surface area contributed by atoms with Crippen molar-refractivity contribution in [3.8, 4) is 0 Å². The minimum absolute atomic E-state index is 0.165. The predicted octanol–water partition coefficient (Wildman–Crippen LogP) is 3.24. The summed E-state index contributed by atoms with van der Waals surface area (Å²) in [7, 11) is 0. The number of benzene rings is 1. The molecule has 2 N–H and O–H groups in total. The number of amides is 1. The highest BCUT2D eigenvalue weighted by molar-refractivity contribution is 7.13. The molecule has 21 heavy (non-hydrogen) atoms. The standard InChI is InChI=1S/C16H19N3OS/c1-11-5-4-6-12(2)16(11)17-10-15(20)19-18-9-14-8-7-13(3)21-14/h4-9,17H,10H2,1-3H3,(H,19,20)/b18-9+. The van der Waals surface area contributed by atoms with Crippen LogP contribution in [0.3, 0.4) is 0 Å². The molecule has 2 aromatic rings. The van der Waals surface area contributed by atoms with Gasteiger partial charge < -0.3 is 5.32 Å². The molecule has 0 aliphatic carbocycles. The smallest absolute Gasteiger partial charge is 0.259 e. The van der Waals surface area contributed by atoms with Gasteiger partial charge in [0.25, 0.3) is 5.91 Å². The van der Waals surface area contributed by atoms with Gasteiger partial charge >= 0.3 is 0 Å². The molecule has 4 nitrogen and oxygen atoms in total. The summed E-state index contributed by atoms with van der Waals surface area (Å²) in [6.45, 7) is 6.27. The molecule has 5 heteroatoms. The van der Waals surface area contributed by atoms with Gasteiger partial charge in [0.1, 0.15) is 0 Å². The molecule has 110 valence electrons. The van der Waals surface area contributed by atoms with Crippen LogP contribution >= 0.6 is 11.3 Å². The summed E-state index contributed by atoms with van der Waals surface area (Å²) in [5.41, 5.74) is 5.78. The van der Waals surface area contributed by atoms with Crippen molar-refractivity contribution in [2.75, 3.05) is 11.9 Å². The summed E-state index contributed by atoms with van der Waals surface area (Å²) in [5.74, 6) is -0.165. The van der Waals surface area contributed by atoms with Gasteiger partial charge in [-0.15, -0.1) is 11.3 Å². The molecule has 0 saturated heterocycles. The molecule has 1 amide bonds. The van der Waals surface area contributed by atoms with E-state index in [0.29, 0.717) is 0 Å². The van der Waals surface area contributed by atoms with E-state index in [-0.39, 0.29) is 12.5 Å². The van der Waals surface area contributed by atoms with Crippen LogP contribution < -0.4 is 10.7 Å². The average Bonchev–Trinajstić information content (AvgIpc) is 2.84. The fourth-order valence-corrected chi connectivity index (χ4v) is 2.74. The molecule has 0 fully saturated rings. The van der Waals surface area contributed by atoms with Crippen LogP contribution in [0.15, 0.2) is 35.4 Å². The molecule has 0 bridgehead atoms. The second-order valence-electron chi connectivity index (χ2n) is 4.86. The molecule has 2 rings (SSSR count). The number of hydrazone groups is 1. The van der Waals surface area contributed by atoms with Crippen molar-refractivity contribution in [3.05, 3.63) is 51.2 Å². The van der Waals surface area contributed by atoms with Crippen LogP contribution in [0, 0.1) is 20.8 Å².